The van der Waals surface area contributed by atoms with Crippen molar-refractivity contribution >= 4 is 34.0 Å². The highest BCUT2D eigenvalue weighted by molar-refractivity contribution is 7.14. The van der Waals surface area contributed by atoms with Crippen molar-refractivity contribution < 1.29 is 28.4 Å². The van der Waals surface area contributed by atoms with Gasteiger partial charge in [-0.15, -0.1) is 11.3 Å². The number of nitro groups is 1. The molecule has 0 radical (unpaired) electrons. The summed E-state index contributed by atoms with van der Waals surface area (Å²) < 4.78 is 22.8. The molecular formula is C19H14FN3O6S. The fourth-order valence-electron chi connectivity index (χ4n) is 2.41. The maximum absolute atomic E-state index is 13.0. The van der Waals surface area contributed by atoms with Crippen molar-refractivity contribution in [2.24, 2.45) is 0 Å². The molecule has 0 aliphatic heterocycles. The molecule has 0 saturated heterocycles. The molecular weight excluding hydrogens is 417 g/mol. The second-order valence-electron chi connectivity index (χ2n) is 5.81. The molecule has 11 heteroatoms. The largest absolute Gasteiger partial charge is 0.477 e. The van der Waals surface area contributed by atoms with Crippen LogP contribution in [0.1, 0.15) is 10.4 Å². The molecule has 1 amide bonds. The number of nitro benzene ring substituents is 1. The summed E-state index contributed by atoms with van der Waals surface area (Å²) in [6.07, 6.45) is 0. The third-order valence-corrected chi connectivity index (χ3v) is 4.58. The number of anilines is 1. The van der Waals surface area contributed by atoms with E-state index in [9.17, 15) is 24.1 Å². The molecule has 0 fully saturated rings. The monoisotopic (exact) mass is 431 g/mol. The lowest BCUT2D eigenvalue weighted by Crippen LogP contribution is -2.20. The maximum atomic E-state index is 13.0. The first kappa shape index (κ1) is 20.9. The van der Waals surface area contributed by atoms with Crippen molar-refractivity contribution in [1.29, 1.82) is 0 Å². The van der Waals surface area contributed by atoms with E-state index in [1.54, 1.807) is 17.5 Å². The first-order chi connectivity index (χ1) is 14.4. The predicted molar refractivity (Wildman–Crippen MR) is 106 cm³/mol. The third-order valence-electron chi connectivity index (χ3n) is 3.83. The standard InChI is InChI=1S/C19H14FN3O6S/c1-28-18(25)12-4-7-16(15(8-12)23(26)27)29-9-17(24)22-19-21-14(10-30-19)11-2-5-13(20)6-3-11/h2-8,10H,9H2,1H3,(H,21,22,24). The molecule has 0 atom stereocenters. The van der Waals surface area contributed by atoms with Gasteiger partial charge in [-0.2, -0.15) is 0 Å². The number of hydrogen-bond donors (Lipinski definition) is 1. The van der Waals surface area contributed by atoms with Gasteiger partial charge in [0.25, 0.3) is 5.91 Å². The van der Waals surface area contributed by atoms with E-state index in [1.807, 2.05) is 0 Å². The maximum Gasteiger partial charge on any atom is 0.338 e. The van der Waals surface area contributed by atoms with E-state index in [0.717, 1.165) is 24.5 Å². The van der Waals surface area contributed by atoms with Crippen LogP contribution in [0.3, 0.4) is 0 Å². The highest BCUT2D eigenvalue weighted by Gasteiger charge is 2.20. The Kier molecular flexibility index (Phi) is 6.32. The van der Waals surface area contributed by atoms with Gasteiger partial charge in [-0.1, -0.05) is 0 Å². The van der Waals surface area contributed by atoms with Crippen molar-refractivity contribution in [3.05, 3.63) is 69.3 Å². The number of carbonyl (C=O) groups is 2. The lowest BCUT2D eigenvalue weighted by atomic mass is 10.2. The van der Waals surface area contributed by atoms with Gasteiger partial charge < -0.3 is 9.47 Å². The Morgan fingerprint density at radius 1 is 1.23 bits per heavy atom. The molecule has 0 aliphatic carbocycles. The second-order valence-corrected chi connectivity index (χ2v) is 6.67. The zero-order valence-corrected chi connectivity index (χ0v) is 16.3. The van der Waals surface area contributed by atoms with Crippen molar-refractivity contribution in [3.63, 3.8) is 0 Å². The number of carbonyl (C=O) groups excluding carboxylic acids is 2. The van der Waals surface area contributed by atoms with E-state index < -0.39 is 29.1 Å². The number of halogens is 1. The minimum atomic E-state index is -0.733. The Morgan fingerprint density at radius 3 is 2.63 bits per heavy atom. The first-order valence-corrected chi connectivity index (χ1v) is 9.26. The van der Waals surface area contributed by atoms with E-state index >= 15 is 0 Å². The van der Waals surface area contributed by atoms with Gasteiger partial charge in [-0.25, -0.2) is 14.2 Å². The number of esters is 1. The number of hydrogen-bond acceptors (Lipinski definition) is 8. The predicted octanol–water partition coefficient (Wildman–Crippen LogP) is 3.66. The van der Waals surface area contributed by atoms with Crippen LogP contribution in [0.25, 0.3) is 11.3 Å². The Morgan fingerprint density at radius 2 is 1.97 bits per heavy atom. The van der Waals surface area contributed by atoms with Crippen LogP contribution >= 0.6 is 11.3 Å². The number of amides is 1. The molecule has 0 aliphatic rings. The van der Waals surface area contributed by atoms with E-state index in [-0.39, 0.29) is 17.1 Å². The second kappa shape index (κ2) is 9.09. The van der Waals surface area contributed by atoms with Crippen LogP contribution in [0.4, 0.5) is 15.2 Å². The number of ether oxygens (including phenoxy) is 2. The number of benzene rings is 2. The van der Waals surface area contributed by atoms with Gasteiger partial charge in [0, 0.05) is 17.0 Å². The highest BCUT2D eigenvalue weighted by Crippen LogP contribution is 2.29. The summed E-state index contributed by atoms with van der Waals surface area (Å²) in [5.74, 6) is -1.85. The molecule has 0 spiro atoms. The van der Waals surface area contributed by atoms with Crippen LogP contribution in [-0.4, -0.2) is 35.5 Å². The van der Waals surface area contributed by atoms with Gasteiger partial charge in [0.1, 0.15) is 5.82 Å². The van der Waals surface area contributed by atoms with Gasteiger partial charge in [-0.3, -0.25) is 20.2 Å². The van der Waals surface area contributed by atoms with Gasteiger partial charge in [0.05, 0.1) is 23.3 Å². The Bertz CT molecular complexity index is 1100. The van der Waals surface area contributed by atoms with Crippen LogP contribution in [0, 0.1) is 15.9 Å². The summed E-state index contributed by atoms with van der Waals surface area (Å²) >= 11 is 1.16. The topological polar surface area (TPSA) is 121 Å². The summed E-state index contributed by atoms with van der Waals surface area (Å²) in [6, 6.07) is 9.26. The smallest absolute Gasteiger partial charge is 0.338 e. The summed E-state index contributed by atoms with van der Waals surface area (Å²) in [5.41, 5.74) is 0.756. The zero-order chi connectivity index (χ0) is 21.7. The molecule has 0 unspecified atom stereocenters. The fourth-order valence-corrected chi connectivity index (χ4v) is 3.15. The molecule has 3 rings (SSSR count). The van der Waals surface area contributed by atoms with E-state index in [2.05, 4.69) is 15.0 Å². The van der Waals surface area contributed by atoms with Crippen LogP contribution in [0.5, 0.6) is 5.75 Å². The molecule has 1 aromatic heterocycles. The molecule has 0 bridgehead atoms. The summed E-state index contributed by atoms with van der Waals surface area (Å²) in [7, 11) is 1.16. The molecule has 30 heavy (non-hydrogen) atoms. The Hall–Kier alpha value is -3.86. The molecule has 9 nitrogen and oxygen atoms in total. The quantitative estimate of drug-likeness (QED) is 0.344. The Labute approximate surface area is 173 Å². The average molecular weight is 431 g/mol. The van der Waals surface area contributed by atoms with Crippen LogP contribution in [-0.2, 0) is 9.53 Å². The minimum absolute atomic E-state index is 0.0166. The lowest BCUT2D eigenvalue weighted by molar-refractivity contribution is -0.385. The zero-order valence-electron chi connectivity index (χ0n) is 15.5. The summed E-state index contributed by atoms with van der Waals surface area (Å²) in [6.45, 7) is -0.510. The first-order valence-electron chi connectivity index (χ1n) is 8.38. The molecule has 154 valence electrons. The van der Waals surface area contributed by atoms with Crippen molar-refractivity contribution in [1.82, 2.24) is 4.98 Å². The number of thiazole rings is 1. The van der Waals surface area contributed by atoms with Gasteiger partial charge in [0.2, 0.25) is 0 Å². The highest BCUT2D eigenvalue weighted by atomic mass is 32.1. The van der Waals surface area contributed by atoms with Crippen LogP contribution in [0.2, 0.25) is 0 Å². The fraction of sp³-hybridized carbons (Fsp3) is 0.105. The molecule has 2 aromatic carbocycles. The lowest BCUT2D eigenvalue weighted by Gasteiger charge is -2.07. The van der Waals surface area contributed by atoms with E-state index in [1.165, 1.54) is 24.3 Å². The Balaban J connectivity index is 1.64. The molecule has 3 aromatic rings. The number of rotatable bonds is 7. The average Bonchev–Trinajstić information content (AvgIpc) is 3.20. The number of aromatic nitrogens is 1. The minimum Gasteiger partial charge on any atom is -0.477 e. The number of methoxy groups -OCH3 is 1. The summed E-state index contributed by atoms with van der Waals surface area (Å²) in [5, 5.41) is 15.7. The summed E-state index contributed by atoms with van der Waals surface area (Å²) in [4.78, 5) is 38.4. The van der Waals surface area contributed by atoms with Crippen LogP contribution in [0.15, 0.2) is 47.8 Å². The van der Waals surface area contributed by atoms with Gasteiger partial charge >= 0.3 is 11.7 Å². The van der Waals surface area contributed by atoms with Gasteiger partial charge in [-0.05, 0) is 36.4 Å². The molecule has 0 saturated carbocycles. The molecule has 1 heterocycles. The normalized spacial score (nSPS) is 10.3. The van der Waals surface area contributed by atoms with Gasteiger partial charge in [0.15, 0.2) is 17.5 Å². The van der Waals surface area contributed by atoms with E-state index in [4.69, 9.17) is 4.74 Å². The van der Waals surface area contributed by atoms with Crippen LogP contribution < -0.4 is 10.1 Å². The number of nitrogens with zero attached hydrogens (tertiary/aromatic N) is 2. The van der Waals surface area contributed by atoms with Crippen molar-refractivity contribution in [3.8, 4) is 17.0 Å². The van der Waals surface area contributed by atoms with Crippen molar-refractivity contribution in [2.45, 2.75) is 0 Å². The van der Waals surface area contributed by atoms with Crippen molar-refractivity contribution in [2.75, 3.05) is 19.0 Å². The number of nitrogens with one attached hydrogen (secondary N) is 1. The third kappa shape index (κ3) is 4.94. The molecule has 1 N–H and O–H groups in total. The van der Waals surface area contributed by atoms with E-state index in [0.29, 0.717) is 16.4 Å². The SMILES string of the molecule is COC(=O)c1ccc(OCC(=O)Nc2nc(-c3ccc(F)cc3)cs2)c([N+](=O)[O-])c1.